The Morgan fingerprint density at radius 1 is 1.08 bits per heavy atom. The monoisotopic (exact) mass is 542 g/mol. The minimum Gasteiger partial charge on any atom is -0.508 e. The quantitative estimate of drug-likeness (QED) is 0.235. The molecule has 5 rings (SSSR count). The van der Waals surface area contributed by atoms with Crippen molar-refractivity contribution >= 4 is 11.9 Å². The fourth-order valence-corrected chi connectivity index (χ4v) is 6.27. The minimum atomic E-state index is -1.56. The lowest BCUT2D eigenvalue weighted by Gasteiger charge is -2.42. The van der Waals surface area contributed by atoms with E-state index in [-0.39, 0.29) is 29.9 Å². The van der Waals surface area contributed by atoms with Crippen LogP contribution in [0.3, 0.4) is 0 Å². The predicted octanol–water partition coefficient (Wildman–Crippen LogP) is 1.31. The first-order chi connectivity index (χ1) is 18.6. The number of carbonyl (C=O) groups is 2. The van der Waals surface area contributed by atoms with E-state index in [1.54, 1.807) is 12.1 Å². The Morgan fingerprint density at radius 3 is 2.49 bits per heavy atom. The van der Waals surface area contributed by atoms with E-state index in [1.807, 2.05) is 0 Å². The Bertz CT molecular complexity index is 1160. The molecule has 0 spiro atoms. The van der Waals surface area contributed by atoms with Crippen molar-refractivity contribution in [2.75, 3.05) is 6.61 Å². The maximum atomic E-state index is 12.6. The van der Waals surface area contributed by atoms with Gasteiger partial charge in [-0.05, 0) is 48.4 Å². The summed E-state index contributed by atoms with van der Waals surface area (Å²) in [7, 11) is 0. The Morgan fingerprint density at radius 2 is 1.79 bits per heavy atom. The largest absolute Gasteiger partial charge is 0.508 e. The van der Waals surface area contributed by atoms with E-state index < -0.39 is 61.5 Å². The van der Waals surface area contributed by atoms with Gasteiger partial charge in [-0.15, -0.1) is 0 Å². The van der Waals surface area contributed by atoms with Gasteiger partial charge in [-0.1, -0.05) is 37.4 Å². The lowest BCUT2D eigenvalue weighted by Crippen LogP contribution is -2.61. The normalized spacial score (nSPS) is 38.1. The maximum Gasteiger partial charge on any atom is 0.334 e. The van der Waals surface area contributed by atoms with Crippen LogP contribution in [0.25, 0.3) is 0 Å². The summed E-state index contributed by atoms with van der Waals surface area (Å²) < 4.78 is 23.0. The van der Waals surface area contributed by atoms with Crippen LogP contribution in [0.15, 0.2) is 60.7 Å². The molecule has 2 heterocycles. The van der Waals surface area contributed by atoms with Crippen LogP contribution in [0, 0.1) is 17.8 Å². The highest BCUT2D eigenvalue weighted by atomic mass is 16.7. The number of ether oxygens (including phenoxy) is 4. The van der Waals surface area contributed by atoms with E-state index in [4.69, 9.17) is 18.9 Å². The molecule has 2 saturated carbocycles. The highest BCUT2D eigenvalue weighted by Crippen LogP contribution is 2.53. The second-order valence-corrected chi connectivity index (χ2v) is 10.8. The van der Waals surface area contributed by atoms with Gasteiger partial charge in [0.25, 0.3) is 0 Å². The van der Waals surface area contributed by atoms with Crippen LogP contribution in [-0.4, -0.2) is 81.9 Å². The van der Waals surface area contributed by atoms with Gasteiger partial charge in [0.1, 0.15) is 30.2 Å². The summed E-state index contributed by atoms with van der Waals surface area (Å²) >= 11 is 0. The number of benzene rings is 1. The van der Waals surface area contributed by atoms with Gasteiger partial charge in [0.2, 0.25) is 0 Å². The van der Waals surface area contributed by atoms with E-state index in [9.17, 15) is 30.0 Å². The van der Waals surface area contributed by atoms with E-state index in [1.165, 1.54) is 12.1 Å². The number of aromatic hydroxyl groups is 1. The Hall–Kier alpha value is -3.02. The van der Waals surface area contributed by atoms with Crippen LogP contribution < -0.4 is 0 Å². The molecule has 4 N–H and O–H groups in total. The van der Waals surface area contributed by atoms with Gasteiger partial charge in [-0.2, -0.15) is 0 Å². The van der Waals surface area contributed by atoms with Crippen LogP contribution >= 0.6 is 0 Å². The topological polar surface area (TPSA) is 152 Å². The van der Waals surface area contributed by atoms with Crippen molar-refractivity contribution in [1.29, 1.82) is 0 Å². The van der Waals surface area contributed by atoms with Crippen molar-refractivity contribution in [3.63, 3.8) is 0 Å². The fourth-order valence-electron chi connectivity index (χ4n) is 6.27. The van der Waals surface area contributed by atoms with E-state index >= 15 is 0 Å². The summed E-state index contributed by atoms with van der Waals surface area (Å²) in [6.45, 7) is 11.8. The van der Waals surface area contributed by atoms with Crippen molar-refractivity contribution < 1.29 is 49.0 Å². The first-order valence-corrected chi connectivity index (χ1v) is 13.1. The highest BCUT2D eigenvalue weighted by Gasteiger charge is 2.55. The summed E-state index contributed by atoms with van der Waals surface area (Å²) in [5.74, 6) is -1.52. The molecule has 1 aromatic rings. The number of phenolic OH excluding ortho intramolecular Hbond substituents is 1. The fraction of sp³-hybridized carbons (Fsp3) is 0.517. The first-order valence-electron chi connectivity index (χ1n) is 13.1. The molecule has 4 fully saturated rings. The molecule has 0 aromatic heterocycles. The molecule has 2 aliphatic heterocycles. The molecular formula is C29H34O10. The number of aliphatic hydroxyl groups is 3. The molecule has 0 amide bonds. The van der Waals surface area contributed by atoms with Crippen LogP contribution in [0.5, 0.6) is 5.75 Å². The summed E-state index contributed by atoms with van der Waals surface area (Å²) in [5.41, 5.74) is 2.69. The molecule has 10 atom stereocenters. The molecule has 10 unspecified atom stereocenters. The molecule has 10 nitrogen and oxygen atoms in total. The van der Waals surface area contributed by atoms with Crippen molar-refractivity contribution in [3.05, 3.63) is 66.3 Å². The Kier molecular flexibility index (Phi) is 7.67. The summed E-state index contributed by atoms with van der Waals surface area (Å²) in [4.78, 5) is 24.9. The third kappa shape index (κ3) is 5.15. The lowest BCUT2D eigenvalue weighted by molar-refractivity contribution is -0.310. The van der Waals surface area contributed by atoms with Crippen molar-refractivity contribution in [1.82, 2.24) is 0 Å². The zero-order chi connectivity index (χ0) is 28.0. The third-order valence-corrected chi connectivity index (χ3v) is 8.42. The molecule has 0 bridgehead atoms. The summed E-state index contributed by atoms with van der Waals surface area (Å²) in [6, 6.07) is 5.97. The second-order valence-electron chi connectivity index (χ2n) is 10.8. The first kappa shape index (κ1) is 27.5. The van der Waals surface area contributed by atoms with E-state index in [2.05, 4.69) is 19.7 Å². The SMILES string of the molecule is C=C1C(=O)OC2C1CCC(=C)C1CC(OC3OC(CO)C(O)C(OC(=O)Cc4ccc(O)cc4)C3O)C(=C)C12. The van der Waals surface area contributed by atoms with Gasteiger partial charge in [0.05, 0.1) is 19.1 Å². The van der Waals surface area contributed by atoms with E-state index in [0.29, 0.717) is 29.6 Å². The predicted molar refractivity (Wildman–Crippen MR) is 136 cm³/mol. The van der Waals surface area contributed by atoms with Gasteiger partial charge in [0.15, 0.2) is 12.4 Å². The number of allylic oxidation sites excluding steroid dienone is 1. The number of hydrogen-bond donors (Lipinski definition) is 4. The van der Waals surface area contributed by atoms with Gasteiger partial charge in [0, 0.05) is 17.4 Å². The van der Waals surface area contributed by atoms with Crippen LogP contribution in [0.4, 0.5) is 0 Å². The molecule has 2 saturated heterocycles. The molecule has 0 radical (unpaired) electrons. The standard InChI is InChI=1S/C29H34O10/c1-13-4-9-18-14(2)28(35)39-26(18)23-15(3)20(11-19(13)23)36-29-25(34)27(24(33)21(12-30)37-29)38-22(32)10-16-5-7-17(31)8-6-16/h5-8,18-21,23-27,29-31,33-34H,1-4,9-12H2. The smallest absolute Gasteiger partial charge is 0.334 e. The zero-order valence-corrected chi connectivity index (χ0v) is 21.5. The minimum absolute atomic E-state index is 0.0484. The third-order valence-electron chi connectivity index (χ3n) is 8.42. The molecule has 4 aliphatic rings. The van der Waals surface area contributed by atoms with Crippen LogP contribution in [0.2, 0.25) is 0 Å². The van der Waals surface area contributed by atoms with Gasteiger partial charge in [-0.3, -0.25) is 4.79 Å². The van der Waals surface area contributed by atoms with Crippen LogP contribution in [0.1, 0.15) is 24.8 Å². The van der Waals surface area contributed by atoms with Crippen molar-refractivity contribution in [2.24, 2.45) is 17.8 Å². The van der Waals surface area contributed by atoms with Gasteiger partial charge < -0.3 is 39.4 Å². The maximum absolute atomic E-state index is 12.6. The number of phenols is 1. The Balaban J connectivity index is 1.30. The highest BCUT2D eigenvalue weighted by molar-refractivity contribution is 5.91. The molecule has 1 aromatic carbocycles. The molecule has 2 aliphatic carbocycles. The average Bonchev–Trinajstić information content (AvgIpc) is 3.33. The second kappa shape index (κ2) is 10.9. The average molecular weight is 543 g/mol. The summed E-state index contributed by atoms with van der Waals surface area (Å²) in [5, 5.41) is 41.0. The molecule has 10 heteroatoms. The lowest BCUT2D eigenvalue weighted by atomic mass is 9.82. The molecule has 210 valence electrons. The van der Waals surface area contributed by atoms with Gasteiger partial charge in [-0.25, -0.2) is 4.79 Å². The van der Waals surface area contributed by atoms with Crippen molar-refractivity contribution in [3.8, 4) is 5.75 Å². The number of esters is 2. The number of fused-ring (bicyclic) bond motifs is 3. The number of aliphatic hydroxyl groups excluding tert-OH is 3. The summed E-state index contributed by atoms with van der Waals surface area (Å²) in [6.07, 6.45) is -6.31. The molecule has 39 heavy (non-hydrogen) atoms. The van der Waals surface area contributed by atoms with Gasteiger partial charge >= 0.3 is 11.9 Å². The number of rotatable bonds is 6. The van der Waals surface area contributed by atoms with Crippen molar-refractivity contribution in [2.45, 2.75) is 68.6 Å². The number of carbonyl (C=O) groups excluding carboxylic acids is 2. The zero-order valence-electron chi connectivity index (χ0n) is 21.5. The van der Waals surface area contributed by atoms with Crippen LogP contribution in [-0.2, 0) is 35.0 Å². The number of hydrogen-bond acceptors (Lipinski definition) is 10. The van der Waals surface area contributed by atoms with E-state index in [0.717, 1.165) is 12.0 Å². The Labute approximate surface area is 226 Å². The molecular weight excluding hydrogens is 508 g/mol.